The lowest BCUT2D eigenvalue weighted by molar-refractivity contribution is -0.124. The summed E-state index contributed by atoms with van der Waals surface area (Å²) in [6.07, 6.45) is 5.01. The zero-order chi connectivity index (χ0) is 21.1. The third-order valence-electron chi connectivity index (χ3n) is 5.40. The van der Waals surface area contributed by atoms with Crippen LogP contribution in [0.3, 0.4) is 0 Å². The molecule has 0 bridgehead atoms. The number of rotatable bonds is 6. The molecule has 0 aliphatic carbocycles. The molecular formula is C23H22N4O3. The highest BCUT2D eigenvalue weighted by Crippen LogP contribution is 2.27. The third-order valence-corrected chi connectivity index (χ3v) is 5.40. The van der Waals surface area contributed by atoms with Crippen LogP contribution in [0.4, 0.5) is 4.79 Å². The first-order chi connectivity index (χ1) is 14.5. The van der Waals surface area contributed by atoms with Crippen molar-refractivity contribution in [2.45, 2.75) is 31.8 Å². The molecule has 1 aliphatic rings. The van der Waals surface area contributed by atoms with Gasteiger partial charge in [0, 0.05) is 23.7 Å². The van der Waals surface area contributed by atoms with E-state index < -0.39 is 17.5 Å². The first-order valence-electron chi connectivity index (χ1n) is 9.77. The predicted octanol–water partition coefficient (Wildman–Crippen LogP) is 2.07. The summed E-state index contributed by atoms with van der Waals surface area (Å²) in [5, 5.41) is 5.05. The number of urea groups is 1. The number of carbonyl (C=O) groups excluding carboxylic acids is 2. The minimum absolute atomic E-state index is 0.0123. The van der Waals surface area contributed by atoms with Gasteiger partial charge in [0.2, 0.25) is 0 Å². The van der Waals surface area contributed by atoms with Crippen molar-refractivity contribution in [2.24, 2.45) is 0 Å². The van der Waals surface area contributed by atoms with E-state index in [1.54, 1.807) is 31.5 Å². The Morgan fingerprint density at radius 1 is 0.967 bits per heavy atom. The molecule has 2 aromatic heterocycles. The number of nitrogens with one attached hydrogen (secondary N) is 2. The Morgan fingerprint density at radius 3 is 2.43 bits per heavy atom. The molecule has 0 spiro atoms. The minimum Gasteiger partial charge on any atom is -0.318 e. The van der Waals surface area contributed by atoms with Gasteiger partial charge in [-0.2, -0.15) is 0 Å². The van der Waals surface area contributed by atoms with E-state index in [2.05, 4.69) is 15.6 Å². The number of aromatic nitrogens is 2. The van der Waals surface area contributed by atoms with Crippen molar-refractivity contribution in [2.75, 3.05) is 0 Å². The maximum atomic E-state index is 12.8. The van der Waals surface area contributed by atoms with Crippen LogP contribution >= 0.6 is 0 Å². The summed E-state index contributed by atoms with van der Waals surface area (Å²) < 4.78 is 1.45. The van der Waals surface area contributed by atoms with E-state index in [-0.39, 0.29) is 12.1 Å². The molecule has 1 unspecified atom stereocenters. The average molecular weight is 402 g/mol. The zero-order valence-electron chi connectivity index (χ0n) is 16.6. The Morgan fingerprint density at radius 2 is 1.77 bits per heavy atom. The van der Waals surface area contributed by atoms with E-state index in [0.29, 0.717) is 11.1 Å². The normalized spacial score (nSPS) is 18.2. The summed E-state index contributed by atoms with van der Waals surface area (Å²) in [6.45, 7) is 1.73. The number of aryl methyl sites for hydroxylation is 3. The molecule has 1 aliphatic heterocycles. The van der Waals surface area contributed by atoms with Gasteiger partial charge >= 0.3 is 6.03 Å². The van der Waals surface area contributed by atoms with Crippen molar-refractivity contribution in [1.29, 1.82) is 0 Å². The lowest BCUT2D eigenvalue weighted by Gasteiger charge is -2.27. The Balaban J connectivity index is 1.61. The molecule has 1 saturated heterocycles. The van der Waals surface area contributed by atoms with Crippen molar-refractivity contribution in [3.63, 3.8) is 0 Å². The van der Waals surface area contributed by atoms with E-state index in [1.807, 2.05) is 42.5 Å². The summed E-state index contributed by atoms with van der Waals surface area (Å²) >= 11 is 0. The fourth-order valence-corrected chi connectivity index (χ4v) is 3.71. The SMILES string of the molecule is Cc1cccn(CC2(c3ccc(CCc4ccccn4)cc3)NC(=O)NC2=O)c1=O. The van der Waals surface area contributed by atoms with E-state index in [1.165, 1.54) is 4.57 Å². The Kier molecular flexibility index (Phi) is 5.18. The average Bonchev–Trinajstić information content (AvgIpc) is 3.05. The van der Waals surface area contributed by atoms with Gasteiger partial charge in [-0.05, 0) is 49.1 Å². The van der Waals surface area contributed by atoms with Crippen molar-refractivity contribution in [1.82, 2.24) is 20.2 Å². The van der Waals surface area contributed by atoms with E-state index in [0.717, 1.165) is 24.1 Å². The molecule has 7 nitrogen and oxygen atoms in total. The molecule has 4 rings (SSSR count). The van der Waals surface area contributed by atoms with Gasteiger partial charge in [-0.25, -0.2) is 4.79 Å². The molecule has 1 aromatic carbocycles. The van der Waals surface area contributed by atoms with Crippen LogP contribution in [0, 0.1) is 6.92 Å². The van der Waals surface area contributed by atoms with Crippen LogP contribution in [0.25, 0.3) is 0 Å². The molecule has 3 amide bonds. The molecule has 152 valence electrons. The summed E-state index contributed by atoms with van der Waals surface area (Å²) in [7, 11) is 0. The van der Waals surface area contributed by atoms with Crippen LogP contribution in [0.15, 0.2) is 71.8 Å². The smallest absolute Gasteiger partial charge is 0.318 e. The number of imide groups is 1. The van der Waals surface area contributed by atoms with Gasteiger partial charge in [0.05, 0.1) is 6.54 Å². The Hall–Kier alpha value is -3.74. The number of hydrogen-bond acceptors (Lipinski definition) is 4. The number of amides is 3. The number of carbonyl (C=O) groups is 2. The maximum Gasteiger partial charge on any atom is 0.322 e. The fraction of sp³-hybridized carbons (Fsp3) is 0.217. The summed E-state index contributed by atoms with van der Waals surface area (Å²) in [5.41, 5.74) is 1.77. The minimum atomic E-state index is -1.34. The molecule has 0 radical (unpaired) electrons. The monoisotopic (exact) mass is 402 g/mol. The van der Waals surface area contributed by atoms with Gasteiger partial charge in [0.15, 0.2) is 5.54 Å². The van der Waals surface area contributed by atoms with Crippen molar-refractivity contribution in [3.05, 3.63) is 99.7 Å². The molecule has 0 saturated carbocycles. The lowest BCUT2D eigenvalue weighted by atomic mass is 9.88. The summed E-state index contributed by atoms with van der Waals surface area (Å²) in [5.74, 6) is -0.470. The van der Waals surface area contributed by atoms with E-state index in [4.69, 9.17) is 0 Å². The highest BCUT2D eigenvalue weighted by Gasteiger charge is 2.48. The number of hydrogen-bond donors (Lipinski definition) is 2. The molecular weight excluding hydrogens is 380 g/mol. The molecule has 30 heavy (non-hydrogen) atoms. The third kappa shape index (κ3) is 3.74. The summed E-state index contributed by atoms with van der Waals surface area (Å²) in [6, 6.07) is 16.3. The lowest BCUT2D eigenvalue weighted by Crippen LogP contribution is -2.49. The molecule has 1 atom stereocenters. The number of nitrogens with zero attached hydrogens (tertiary/aromatic N) is 2. The van der Waals surface area contributed by atoms with Gasteiger partial charge in [-0.3, -0.25) is 19.9 Å². The van der Waals surface area contributed by atoms with E-state index >= 15 is 0 Å². The first kappa shape index (κ1) is 19.6. The first-order valence-corrected chi connectivity index (χ1v) is 9.77. The molecule has 7 heteroatoms. The van der Waals surface area contributed by atoms with Crippen molar-refractivity contribution < 1.29 is 9.59 Å². The van der Waals surface area contributed by atoms with Crippen LogP contribution in [-0.4, -0.2) is 21.5 Å². The van der Waals surface area contributed by atoms with Gasteiger partial charge in [0.25, 0.3) is 11.5 Å². The largest absolute Gasteiger partial charge is 0.322 e. The zero-order valence-corrected chi connectivity index (χ0v) is 16.6. The highest BCUT2D eigenvalue weighted by atomic mass is 16.2. The topological polar surface area (TPSA) is 93.1 Å². The highest BCUT2D eigenvalue weighted by molar-refractivity contribution is 6.07. The Bertz CT molecular complexity index is 1140. The van der Waals surface area contributed by atoms with Gasteiger partial charge in [-0.1, -0.05) is 36.4 Å². The van der Waals surface area contributed by atoms with Crippen LogP contribution in [0.5, 0.6) is 0 Å². The van der Waals surface area contributed by atoms with Gasteiger partial charge in [-0.15, -0.1) is 0 Å². The van der Waals surface area contributed by atoms with Crippen LogP contribution < -0.4 is 16.2 Å². The quantitative estimate of drug-likeness (QED) is 0.618. The number of pyridine rings is 2. The fourth-order valence-electron chi connectivity index (χ4n) is 3.71. The predicted molar refractivity (Wildman–Crippen MR) is 112 cm³/mol. The molecule has 2 N–H and O–H groups in total. The van der Waals surface area contributed by atoms with Crippen LogP contribution in [0.1, 0.15) is 22.4 Å². The van der Waals surface area contributed by atoms with Crippen molar-refractivity contribution in [3.8, 4) is 0 Å². The number of benzene rings is 1. The molecule has 1 fully saturated rings. The van der Waals surface area contributed by atoms with Crippen LogP contribution in [0.2, 0.25) is 0 Å². The second-order valence-corrected chi connectivity index (χ2v) is 7.46. The summed E-state index contributed by atoms with van der Waals surface area (Å²) in [4.78, 5) is 41.6. The van der Waals surface area contributed by atoms with Crippen LogP contribution in [-0.2, 0) is 29.7 Å². The standard InChI is InChI=1S/C23H22N4O3/c1-16-5-4-14-27(20(16)28)15-23(21(29)25-22(30)26-23)18-10-7-17(8-11-18)9-12-19-6-2-3-13-24-19/h2-8,10-11,13-14H,9,12,15H2,1H3,(H2,25,26,29,30). The van der Waals surface area contributed by atoms with Gasteiger partial charge < -0.3 is 9.88 Å². The van der Waals surface area contributed by atoms with E-state index in [9.17, 15) is 14.4 Å². The maximum absolute atomic E-state index is 12.8. The second kappa shape index (κ2) is 7.94. The van der Waals surface area contributed by atoms with Gasteiger partial charge in [0.1, 0.15) is 0 Å². The molecule has 3 aromatic rings. The second-order valence-electron chi connectivity index (χ2n) is 7.46. The Labute approximate surface area is 173 Å². The molecule has 3 heterocycles. The van der Waals surface area contributed by atoms with Crippen molar-refractivity contribution >= 4 is 11.9 Å².